The van der Waals surface area contributed by atoms with E-state index < -0.39 is 17.9 Å². The summed E-state index contributed by atoms with van der Waals surface area (Å²) in [4.78, 5) is 26.3. The third-order valence-corrected chi connectivity index (χ3v) is 2.81. The summed E-state index contributed by atoms with van der Waals surface area (Å²) < 4.78 is 7.18. The van der Waals surface area contributed by atoms with Gasteiger partial charge in [-0.15, -0.1) is 0 Å². The van der Waals surface area contributed by atoms with Gasteiger partial charge in [0.1, 0.15) is 11.8 Å². The number of carbonyl (C=O) groups is 2. The van der Waals surface area contributed by atoms with Crippen molar-refractivity contribution in [3.63, 3.8) is 0 Å². The van der Waals surface area contributed by atoms with E-state index in [0.29, 0.717) is 5.75 Å². The Morgan fingerprint density at radius 2 is 2.10 bits per heavy atom. The number of hydrogen-bond acceptors (Lipinski definition) is 4. The molecule has 0 aliphatic rings. The number of aromatic nitrogens is 2. The zero-order valence-corrected chi connectivity index (χ0v) is 11.5. The Labute approximate surface area is 121 Å². The van der Waals surface area contributed by atoms with Gasteiger partial charge in [-0.3, -0.25) is 9.59 Å². The number of rotatable bonds is 6. The summed E-state index contributed by atoms with van der Waals surface area (Å²) >= 11 is 0. The first-order valence-electron chi connectivity index (χ1n) is 6.36. The molecule has 0 saturated heterocycles. The molecular formula is C14H16N4O3. The molecule has 7 heteroatoms. The number of nitrogens with zero attached hydrogens (tertiary/aromatic N) is 2. The molecule has 0 spiro atoms. The van der Waals surface area contributed by atoms with E-state index in [4.69, 9.17) is 10.5 Å². The lowest BCUT2D eigenvalue weighted by Crippen LogP contribution is -2.44. The minimum absolute atomic E-state index is 0.179. The van der Waals surface area contributed by atoms with E-state index in [0.717, 1.165) is 5.69 Å². The number of amides is 2. The van der Waals surface area contributed by atoms with Crippen LogP contribution >= 0.6 is 0 Å². The number of ether oxygens (including phenoxy) is 1. The normalized spacial score (nSPS) is 11.7. The highest BCUT2D eigenvalue weighted by Gasteiger charge is 2.12. The van der Waals surface area contributed by atoms with Gasteiger partial charge in [0.15, 0.2) is 6.61 Å². The smallest absolute Gasteiger partial charge is 0.258 e. The van der Waals surface area contributed by atoms with Crippen molar-refractivity contribution >= 4 is 11.8 Å². The average molecular weight is 288 g/mol. The second-order valence-corrected chi connectivity index (χ2v) is 4.44. The highest BCUT2D eigenvalue weighted by atomic mass is 16.5. The molecule has 0 fully saturated rings. The van der Waals surface area contributed by atoms with E-state index >= 15 is 0 Å². The fourth-order valence-corrected chi connectivity index (χ4v) is 1.63. The van der Waals surface area contributed by atoms with E-state index in [1.807, 2.05) is 22.9 Å². The summed E-state index contributed by atoms with van der Waals surface area (Å²) in [5.74, 6) is -0.436. The Morgan fingerprint density at radius 1 is 1.38 bits per heavy atom. The van der Waals surface area contributed by atoms with E-state index in [1.165, 1.54) is 6.92 Å². The molecule has 0 aliphatic heterocycles. The van der Waals surface area contributed by atoms with Crippen LogP contribution in [-0.2, 0) is 9.59 Å². The summed E-state index contributed by atoms with van der Waals surface area (Å²) in [5, 5.41) is 2.43. The van der Waals surface area contributed by atoms with Crippen molar-refractivity contribution in [2.24, 2.45) is 5.73 Å². The van der Waals surface area contributed by atoms with Gasteiger partial charge in [0.2, 0.25) is 5.91 Å². The van der Waals surface area contributed by atoms with E-state index in [2.05, 4.69) is 10.3 Å². The lowest BCUT2D eigenvalue weighted by atomic mass is 10.3. The second-order valence-electron chi connectivity index (χ2n) is 4.44. The molecule has 0 aliphatic carbocycles. The maximum absolute atomic E-state index is 11.5. The van der Waals surface area contributed by atoms with Crippen LogP contribution in [0.4, 0.5) is 0 Å². The van der Waals surface area contributed by atoms with Crippen molar-refractivity contribution in [3.8, 4) is 11.4 Å². The Balaban J connectivity index is 1.86. The van der Waals surface area contributed by atoms with Crippen LogP contribution in [0.2, 0.25) is 0 Å². The van der Waals surface area contributed by atoms with Crippen molar-refractivity contribution in [2.45, 2.75) is 13.0 Å². The molecular weight excluding hydrogens is 272 g/mol. The monoisotopic (exact) mass is 288 g/mol. The summed E-state index contributed by atoms with van der Waals surface area (Å²) in [6.45, 7) is 1.34. The molecule has 7 nitrogen and oxygen atoms in total. The predicted octanol–water partition coefficient (Wildman–Crippen LogP) is 0.241. The molecule has 1 aromatic heterocycles. The van der Waals surface area contributed by atoms with Gasteiger partial charge in [-0.1, -0.05) is 0 Å². The van der Waals surface area contributed by atoms with Crippen molar-refractivity contribution < 1.29 is 14.3 Å². The highest BCUT2D eigenvalue weighted by Crippen LogP contribution is 2.14. The first-order chi connectivity index (χ1) is 10.1. The first-order valence-corrected chi connectivity index (χ1v) is 6.36. The number of nitrogens with two attached hydrogens (primary N) is 1. The van der Waals surface area contributed by atoms with Gasteiger partial charge in [-0.05, 0) is 31.2 Å². The molecule has 2 aromatic rings. The Morgan fingerprint density at radius 3 is 2.67 bits per heavy atom. The van der Waals surface area contributed by atoms with Crippen LogP contribution in [0.25, 0.3) is 5.69 Å². The van der Waals surface area contributed by atoms with Crippen molar-refractivity contribution in [1.29, 1.82) is 0 Å². The van der Waals surface area contributed by atoms with Gasteiger partial charge >= 0.3 is 0 Å². The van der Waals surface area contributed by atoms with E-state index in [1.54, 1.807) is 24.7 Å². The molecule has 0 saturated carbocycles. The zero-order chi connectivity index (χ0) is 15.2. The highest BCUT2D eigenvalue weighted by molar-refractivity contribution is 5.86. The lowest BCUT2D eigenvalue weighted by Gasteiger charge is -2.11. The van der Waals surface area contributed by atoms with Gasteiger partial charge in [0.25, 0.3) is 5.91 Å². The van der Waals surface area contributed by atoms with Crippen LogP contribution in [0.5, 0.6) is 5.75 Å². The third kappa shape index (κ3) is 4.07. The molecule has 3 N–H and O–H groups in total. The molecule has 1 atom stereocenters. The number of nitrogens with one attached hydrogen (secondary N) is 1. The van der Waals surface area contributed by atoms with E-state index in [9.17, 15) is 9.59 Å². The van der Waals surface area contributed by atoms with Crippen LogP contribution in [0.15, 0.2) is 43.0 Å². The van der Waals surface area contributed by atoms with Crippen molar-refractivity contribution in [3.05, 3.63) is 43.0 Å². The molecule has 2 amide bonds. The molecule has 2 rings (SSSR count). The quantitative estimate of drug-likeness (QED) is 0.795. The maximum atomic E-state index is 11.5. The Kier molecular flexibility index (Phi) is 4.55. The minimum atomic E-state index is -0.718. The topological polar surface area (TPSA) is 99.2 Å². The molecule has 0 bridgehead atoms. The summed E-state index contributed by atoms with van der Waals surface area (Å²) in [6, 6.07) is 6.48. The minimum Gasteiger partial charge on any atom is -0.484 e. The second kappa shape index (κ2) is 6.56. The molecule has 110 valence electrons. The zero-order valence-electron chi connectivity index (χ0n) is 11.5. The molecule has 21 heavy (non-hydrogen) atoms. The number of primary amides is 1. The van der Waals surface area contributed by atoms with Gasteiger partial charge in [0.05, 0.1) is 6.33 Å². The van der Waals surface area contributed by atoms with Crippen LogP contribution in [-0.4, -0.2) is 34.0 Å². The summed E-state index contributed by atoms with van der Waals surface area (Å²) in [7, 11) is 0. The number of imidazole rings is 1. The molecule has 1 unspecified atom stereocenters. The molecule has 1 heterocycles. The van der Waals surface area contributed by atoms with E-state index in [-0.39, 0.29) is 6.61 Å². The Hall–Kier alpha value is -2.83. The van der Waals surface area contributed by atoms with Crippen LogP contribution in [0, 0.1) is 0 Å². The lowest BCUT2D eigenvalue weighted by molar-refractivity contribution is -0.128. The van der Waals surface area contributed by atoms with Crippen LogP contribution < -0.4 is 15.8 Å². The number of carbonyl (C=O) groups excluding carboxylic acids is 2. The van der Waals surface area contributed by atoms with Gasteiger partial charge < -0.3 is 20.4 Å². The third-order valence-electron chi connectivity index (χ3n) is 2.81. The van der Waals surface area contributed by atoms with Gasteiger partial charge in [-0.2, -0.15) is 0 Å². The molecule has 1 aromatic carbocycles. The molecule has 0 radical (unpaired) electrons. The fraction of sp³-hybridized carbons (Fsp3) is 0.214. The summed E-state index contributed by atoms with van der Waals surface area (Å²) in [5.41, 5.74) is 5.99. The van der Waals surface area contributed by atoms with Crippen molar-refractivity contribution in [1.82, 2.24) is 14.9 Å². The SMILES string of the molecule is CC(NC(=O)COc1ccc(-n2ccnc2)cc1)C(N)=O. The van der Waals surface area contributed by atoms with Crippen LogP contribution in [0.3, 0.4) is 0 Å². The fourth-order valence-electron chi connectivity index (χ4n) is 1.63. The van der Waals surface area contributed by atoms with Crippen LogP contribution in [0.1, 0.15) is 6.92 Å². The largest absolute Gasteiger partial charge is 0.484 e. The first kappa shape index (κ1) is 14.6. The predicted molar refractivity (Wildman–Crippen MR) is 75.9 cm³/mol. The number of benzene rings is 1. The number of hydrogen-bond donors (Lipinski definition) is 2. The van der Waals surface area contributed by atoms with Gasteiger partial charge in [0, 0.05) is 18.1 Å². The average Bonchev–Trinajstić information content (AvgIpc) is 2.99. The standard InChI is InChI=1S/C14H16N4O3/c1-10(14(15)20)17-13(19)8-21-12-4-2-11(3-5-12)18-7-6-16-9-18/h2-7,9-10H,8H2,1H3,(H2,15,20)(H,17,19). The van der Waals surface area contributed by atoms with Crippen molar-refractivity contribution in [2.75, 3.05) is 6.61 Å². The maximum Gasteiger partial charge on any atom is 0.258 e. The Bertz CT molecular complexity index is 608. The van der Waals surface area contributed by atoms with Gasteiger partial charge in [-0.25, -0.2) is 4.98 Å². The summed E-state index contributed by atoms with van der Waals surface area (Å²) in [6.07, 6.45) is 5.21.